The van der Waals surface area contributed by atoms with E-state index in [1.807, 2.05) is 0 Å². The summed E-state index contributed by atoms with van der Waals surface area (Å²) in [6, 6.07) is 0. The molecule has 1 aliphatic rings. The molecule has 1 rings (SSSR count). The van der Waals surface area contributed by atoms with E-state index >= 15 is 0 Å². The average Bonchev–Trinajstić information content (AvgIpc) is 1.86. The van der Waals surface area contributed by atoms with Crippen molar-refractivity contribution in [2.45, 2.75) is 20.8 Å². The molecule has 0 N–H and O–H groups in total. The smallest absolute Gasteiger partial charge is 0.188 e. The fourth-order valence-corrected chi connectivity index (χ4v) is 1.44. The number of rotatable bonds is 0. The van der Waals surface area contributed by atoms with Crippen LogP contribution in [0, 0.1) is 5.41 Å². The number of thiol groups is 1. The number of hydrogen-bond donors (Lipinski definition) is 1. The molecule has 0 saturated heterocycles. The first-order valence-electron chi connectivity index (χ1n) is 3.71. The van der Waals surface area contributed by atoms with Crippen molar-refractivity contribution in [2.75, 3.05) is 13.2 Å². The zero-order chi connectivity index (χ0) is 8.48. The predicted molar refractivity (Wildman–Crippen MR) is 47.4 cm³/mol. The third-order valence-corrected chi connectivity index (χ3v) is 1.78. The maximum absolute atomic E-state index is 5.43. The molecule has 1 heterocycles. The van der Waals surface area contributed by atoms with Crippen LogP contribution in [0.15, 0.2) is 10.9 Å². The van der Waals surface area contributed by atoms with Gasteiger partial charge >= 0.3 is 0 Å². The van der Waals surface area contributed by atoms with Crippen LogP contribution in [0.1, 0.15) is 20.8 Å². The molecule has 0 aromatic carbocycles. The maximum Gasteiger partial charge on any atom is 0.188 e. The van der Waals surface area contributed by atoms with Crippen molar-refractivity contribution in [1.29, 1.82) is 0 Å². The second kappa shape index (κ2) is 2.97. The highest BCUT2D eigenvalue weighted by molar-refractivity contribution is 7.84. The molecule has 0 radical (unpaired) electrons. The monoisotopic (exact) mass is 174 g/mol. The molecule has 64 valence electrons. The minimum absolute atomic E-state index is 0.00248. The van der Waals surface area contributed by atoms with E-state index in [0.29, 0.717) is 18.3 Å². The molecule has 0 spiro atoms. The molecule has 0 atom stereocenters. The lowest BCUT2D eigenvalue weighted by atomic mass is 9.94. The van der Waals surface area contributed by atoms with Gasteiger partial charge in [-0.1, -0.05) is 20.8 Å². The predicted octanol–water partition coefficient (Wildman–Crippen LogP) is 2.18. The molecule has 0 aromatic rings. The van der Waals surface area contributed by atoms with Crippen LogP contribution in [0.4, 0.5) is 0 Å². The van der Waals surface area contributed by atoms with E-state index in [2.05, 4.69) is 33.4 Å². The highest BCUT2D eigenvalue weighted by Gasteiger charge is 2.25. The molecular formula is C8H14O2S. The van der Waals surface area contributed by atoms with Crippen molar-refractivity contribution in [3.63, 3.8) is 0 Å². The van der Waals surface area contributed by atoms with Crippen LogP contribution in [-0.2, 0) is 9.47 Å². The lowest BCUT2D eigenvalue weighted by molar-refractivity contribution is 0.0472. The van der Waals surface area contributed by atoms with Gasteiger partial charge in [0.15, 0.2) is 5.09 Å². The summed E-state index contributed by atoms with van der Waals surface area (Å²) in [6.07, 6.45) is 0. The van der Waals surface area contributed by atoms with Gasteiger partial charge in [-0.05, 0) is 0 Å². The minimum atomic E-state index is -0.00248. The van der Waals surface area contributed by atoms with Crippen molar-refractivity contribution in [3.05, 3.63) is 10.9 Å². The molecule has 0 fully saturated rings. The lowest BCUT2D eigenvalue weighted by Gasteiger charge is -2.28. The molecule has 3 heteroatoms. The Morgan fingerprint density at radius 1 is 1.18 bits per heavy atom. The fourth-order valence-electron chi connectivity index (χ4n) is 0.947. The van der Waals surface area contributed by atoms with Gasteiger partial charge < -0.3 is 9.47 Å². The first kappa shape index (κ1) is 8.78. The van der Waals surface area contributed by atoms with Gasteiger partial charge in [0.2, 0.25) is 0 Å². The molecule has 0 aliphatic carbocycles. The molecule has 1 aliphatic heterocycles. The van der Waals surface area contributed by atoms with E-state index in [-0.39, 0.29) is 5.41 Å². The topological polar surface area (TPSA) is 18.5 Å². The third-order valence-electron chi connectivity index (χ3n) is 1.44. The SMILES string of the molecule is CC(C)(C)C1=C(S)OCCO1. The molecule has 0 bridgehead atoms. The molecule has 0 amide bonds. The van der Waals surface area contributed by atoms with E-state index in [4.69, 9.17) is 9.47 Å². The Hall–Kier alpha value is -0.310. The van der Waals surface area contributed by atoms with Gasteiger partial charge in [-0.2, -0.15) is 0 Å². The van der Waals surface area contributed by atoms with Gasteiger partial charge in [-0.15, -0.1) is 12.6 Å². The second-order valence-corrected chi connectivity index (χ2v) is 3.99. The van der Waals surface area contributed by atoms with Crippen LogP contribution in [0.5, 0.6) is 0 Å². The van der Waals surface area contributed by atoms with Crippen molar-refractivity contribution in [2.24, 2.45) is 5.41 Å². The van der Waals surface area contributed by atoms with Crippen LogP contribution in [-0.4, -0.2) is 13.2 Å². The van der Waals surface area contributed by atoms with Crippen LogP contribution >= 0.6 is 12.6 Å². The van der Waals surface area contributed by atoms with E-state index in [9.17, 15) is 0 Å². The summed E-state index contributed by atoms with van der Waals surface area (Å²) in [4.78, 5) is 0. The van der Waals surface area contributed by atoms with Gasteiger partial charge in [-0.25, -0.2) is 0 Å². The minimum Gasteiger partial charge on any atom is -0.489 e. The fraction of sp³-hybridized carbons (Fsp3) is 0.750. The highest BCUT2D eigenvalue weighted by atomic mass is 32.1. The Balaban J connectivity index is 2.83. The van der Waals surface area contributed by atoms with Crippen LogP contribution in [0.25, 0.3) is 0 Å². The summed E-state index contributed by atoms with van der Waals surface area (Å²) in [5, 5.41) is 0.628. The third kappa shape index (κ3) is 2.06. The largest absolute Gasteiger partial charge is 0.489 e. The normalized spacial score (nSPS) is 19.3. The Morgan fingerprint density at radius 2 is 1.73 bits per heavy atom. The van der Waals surface area contributed by atoms with Gasteiger partial charge in [0.1, 0.15) is 19.0 Å². The van der Waals surface area contributed by atoms with Crippen molar-refractivity contribution >= 4 is 12.6 Å². The Labute approximate surface area is 73.0 Å². The summed E-state index contributed by atoms with van der Waals surface area (Å²) in [7, 11) is 0. The van der Waals surface area contributed by atoms with E-state index in [1.165, 1.54) is 0 Å². The Morgan fingerprint density at radius 3 is 2.09 bits per heavy atom. The summed E-state index contributed by atoms with van der Waals surface area (Å²) >= 11 is 4.18. The summed E-state index contributed by atoms with van der Waals surface area (Å²) in [5.74, 6) is 0.854. The van der Waals surface area contributed by atoms with E-state index < -0.39 is 0 Å². The average molecular weight is 174 g/mol. The Bertz CT molecular complexity index is 179. The van der Waals surface area contributed by atoms with E-state index in [1.54, 1.807) is 0 Å². The standard InChI is InChI=1S/C8H14O2S/c1-8(2,3)6-7(11)10-5-4-9-6/h11H,4-5H2,1-3H3. The quantitative estimate of drug-likeness (QED) is 0.567. The van der Waals surface area contributed by atoms with Gasteiger partial charge in [0, 0.05) is 5.41 Å². The lowest BCUT2D eigenvalue weighted by Crippen LogP contribution is -2.21. The molecule has 0 unspecified atom stereocenters. The molecule has 0 aromatic heterocycles. The van der Waals surface area contributed by atoms with Crippen LogP contribution in [0.2, 0.25) is 0 Å². The van der Waals surface area contributed by atoms with E-state index in [0.717, 1.165) is 5.76 Å². The van der Waals surface area contributed by atoms with Crippen molar-refractivity contribution in [1.82, 2.24) is 0 Å². The highest BCUT2D eigenvalue weighted by Crippen LogP contribution is 2.32. The first-order valence-corrected chi connectivity index (χ1v) is 4.16. The first-order chi connectivity index (χ1) is 5.02. The number of hydrogen-bond acceptors (Lipinski definition) is 3. The van der Waals surface area contributed by atoms with Crippen LogP contribution in [0.3, 0.4) is 0 Å². The molecule has 0 saturated carbocycles. The number of ether oxygens (including phenoxy) is 2. The van der Waals surface area contributed by atoms with Crippen molar-refractivity contribution in [3.8, 4) is 0 Å². The maximum atomic E-state index is 5.43. The second-order valence-electron chi connectivity index (χ2n) is 3.58. The van der Waals surface area contributed by atoms with Crippen molar-refractivity contribution < 1.29 is 9.47 Å². The molecular weight excluding hydrogens is 160 g/mol. The summed E-state index contributed by atoms with van der Waals surface area (Å²) in [5.41, 5.74) is -0.00248. The van der Waals surface area contributed by atoms with Gasteiger partial charge in [-0.3, -0.25) is 0 Å². The number of allylic oxidation sites excluding steroid dienone is 1. The zero-order valence-electron chi connectivity index (χ0n) is 7.18. The summed E-state index contributed by atoms with van der Waals surface area (Å²) < 4.78 is 10.7. The van der Waals surface area contributed by atoms with Gasteiger partial charge in [0.25, 0.3) is 0 Å². The Kier molecular flexibility index (Phi) is 2.37. The zero-order valence-corrected chi connectivity index (χ0v) is 8.07. The van der Waals surface area contributed by atoms with Crippen LogP contribution < -0.4 is 0 Å². The molecule has 11 heavy (non-hydrogen) atoms. The van der Waals surface area contributed by atoms with Gasteiger partial charge in [0.05, 0.1) is 0 Å². The summed E-state index contributed by atoms with van der Waals surface area (Å²) in [6.45, 7) is 7.47. The molecule has 2 nitrogen and oxygen atoms in total.